The Labute approximate surface area is 177 Å². The van der Waals surface area contributed by atoms with Crippen LogP contribution in [0.1, 0.15) is 17.3 Å². The van der Waals surface area contributed by atoms with Gasteiger partial charge >= 0.3 is 17.1 Å². The van der Waals surface area contributed by atoms with Crippen molar-refractivity contribution in [2.24, 2.45) is 0 Å². The van der Waals surface area contributed by atoms with Gasteiger partial charge in [0.15, 0.2) is 0 Å². The van der Waals surface area contributed by atoms with Crippen LogP contribution in [-0.4, -0.2) is 34.7 Å². The number of hydrogen-bond donors (Lipinski definition) is 1. The van der Waals surface area contributed by atoms with Gasteiger partial charge in [0.05, 0.1) is 19.3 Å². The highest BCUT2D eigenvalue weighted by atomic mass is 16.5. The van der Waals surface area contributed by atoms with Crippen molar-refractivity contribution in [3.63, 3.8) is 0 Å². The number of esters is 1. The van der Waals surface area contributed by atoms with Crippen LogP contribution in [0.5, 0.6) is 5.75 Å². The standard InChI is InChI=1S/C22H21N3O6/c1-3-31-18-10-8-17(9-11-18)25-13-12-24(20(27)21(25)28)14-19(26)23-16-6-4-15(5-7-16)22(29)30-2/h4-13H,3,14H2,1-2H3,(H,23,26). The third-order valence-corrected chi connectivity index (χ3v) is 4.39. The summed E-state index contributed by atoms with van der Waals surface area (Å²) in [4.78, 5) is 48.7. The third kappa shape index (κ3) is 5.08. The van der Waals surface area contributed by atoms with Crippen LogP contribution in [0, 0.1) is 0 Å². The molecule has 0 bridgehead atoms. The molecule has 1 N–H and O–H groups in total. The van der Waals surface area contributed by atoms with Crippen LogP contribution in [0.15, 0.2) is 70.5 Å². The number of nitrogens with one attached hydrogen (secondary N) is 1. The molecular weight excluding hydrogens is 402 g/mol. The SMILES string of the molecule is CCOc1ccc(-n2ccn(CC(=O)Nc3ccc(C(=O)OC)cc3)c(=O)c2=O)cc1. The minimum Gasteiger partial charge on any atom is -0.494 e. The number of amides is 1. The summed E-state index contributed by atoms with van der Waals surface area (Å²) in [6.07, 6.45) is 2.80. The number of benzene rings is 2. The van der Waals surface area contributed by atoms with E-state index in [0.717, 1.165) is 4.57 Å². The summed E-state index contributed by atoms with van der Waals surface area (Å²) in [5.74, 6) is -0.326. The Balaban J connectivity index is 1.73. The van der Waals surface area contributed by atoms with E-state index in [1.807, 2.05) is 6.92 Å². The van der Waals surface area contributed by atoms with Crippen LogP contribution >= 0.6 is 0 Å². The fraction of sp³-hybridized carbons (Fsp3) is 0.182. The average Bonchev–Trinajstić information content (AvgIpc) is 2.78. The molecule has 9 nitrogen and oxygen atoms in total. The predicted octanol–water partition coefficient (Wildman–Crippen LogP) is 1.82. The summed E-state index contributed by atoms with van der Waals surface area (Å²) >= 11 is 0. The van der Waals surface area contributed by atoms with Crippen molar-refractivity contribution in [1.82, 2.24) is 9.13 Å². The van der Waals surface area contributed by atoms with Crippen molar-refractivity contribution in [3.8, 4) is 11.4 Å². The second-order valence-corrected chi connectivity index (χ2v) is 6.45. The summed E-state index contributed by atoms with van der Waals surface area (Å²) in [6.45, 7) is 2.05. The molecule has 31 heavy (non-hydrogen) atoms. The lowest BCUT2D eigenvalue weighted by Gasteiger charge is -2.10. The van der Waals surface area contributed by atoms with Crippen LogP contribution in [0.25, 0.3) is 5.69 Å². The summed E-state index contributed by atoms with van der Waals surface area (Å²) in [6, 6.07) is 12.8. The van der Waals surface area contributed by atoms with Gasteiger partial charge in [0.2, 0.25) is 5.91 Å². The summed E-state index contributed by atoms with van der Waals surface area (Å²) < 4.78 is 12.2. The zero-order chi connectivity index (χ0) is 22.4. The fourth-order valence-corrected chi connectivity index (χ4v) is 2.87. The topological polar surface area (TPSA) is 109 Å². The number of ether oxygens (including phenoxy) is 2. The summed E-state index contributed by atoms with van der Waals surface area (Å²) in [5.41, 5.74) is -0.314. The van der Waals surface area contributed by atoms with Crippen molar-refractivity contribution >= 4 is 17.6 Å². The zero-order valence-corrected chi connectivity index (χ0v) is 17.0. The van der Waals surface area contributed by atoms with Gasteiger partial charge in [-0.25, -0.2) is 4.79 Å². The van der Waals surface area contributed by atoms with Gasteiger partial charge in [0.25, 0.3) is 0 Å². The number of rotatable bonds is 7. The molecule has 0 spiro atoms. The smallest absolute Gasteiger partial charge is 0.337 e. The molecule has 160 valence electrons. The van der Waals surface area contributed by atoms with Crippen molar-refractivity contribution in [2.75, 3.05) is 19.0 Å². The first-order valence-corrected chi connectivity index (χ1v) is 9.46. The zero-order valence-electron chi connectivity index (χ0n) is 17.0. The molecule has 1 heterocycles. The quantitative estimate of drug-likeness (QED) is 0.459. The van der Waals surface area contributed by atoms with E-state index in [1.54, 1.807) is 24.3 Å². The van der Waals surface area contributed by atoms with Gasteiger partial charge < -0.3 is 14.8 Å². The lowest BCUT2D eigenvalue weighted by Crippen LogP contribution is -2.41. The molecule has 0 fully saturated rings. The van der Waals surface area contributed by atoms with Gasteiger partial charge in [-0.1, -0.05) is 0 Å². The molecule has 0 unspecified atom stereocenters. The number of aromatic nitrogens is 2. The van der Waals surface area contributed by atoms with Crippen molar-refractivity contribution in [3.05, 3.63) is 87.2 Å². The van der Waals surface area contributed by atoms with Crippen molar-refractivity contribution in [2.45, 2.75) is 13.5 Å². The second kappa shape index (κ2) is 9.57. The molecule has 0 atom stereocenters. The Hall–Kier alpha value is -4.14. The van der Waals surface area contributed by atoms with E-state index in [4.69, 9.17) is 4.74 Å². The second-order valence-electron chi connectivity index (χ2n) is 6.45. The number of methoxy groups -OCH3 is 1. The maximum atomic E-state index is 12.5. The molecule has 9 heteroatoms. The van der Waals surface area contributed by atoms with E-state index in [9.17, 15) is 19.2 Å². The molecule has 3 rings (SSSR count). The van der Waals surface area contributed by atoms with Gasteiger partial charge in [-0.3, -0.25) is 23.5 Å². The molecule has 0 radical (unpaired) electrons. The largest absolute Gasteiger partial charge is 0.494 e. The van der Waals surface area contributed by atoms with Gasteiger partial charge in [-0.2, -0.15) is 0 Å². The number of hydrogen-bond acceptors (Lipinski definition) is 6. The van der Waals surface area contributed by atoms with Crippen LogP contribution in [-0.2, 0) is 16.1 Å². The number of nitrogens with zero attached hydrogens (tertiary/aromatic N) is 2. The Morgan fingerprint density at radius 3 is 2.23 bits per heavy atom. The van der Waals surface area contributed by atoms with Crippen LogP contribution in [0.3, 0.4) is 0 Å². The van der Waals surface area contributed by atoms with Gasteiger partial charge in [-0.15, -0.1) is 0 Å². The molecule has 2 aromatic carbocycles. The van der Waals surface area contributed by atoms with Crippen molar-refractivity contribution < 1.29 is 19.1 Å². The van der Waals surface area contributed by atoms with Crippen LogP contribution < -0.4 is 21.2 Å². The van der Waals surface area contributed by atoms with Gasteiger partial charge in [-0.05, 0) is 55.5 Å². The van der Waals surface area contributed by atoms with E-state index < -0.39 is 23.0 Å². The maximum Gasteiger partial charge on any atom is 0.337 e. The Morgan fingerprint density at radius 2 is 1.61 bits per heavy atom. The highest BCUT2D eigenvalue weighted by Crippen LogP contribution is 2.14. The third-order valence-electron chi connectivity index (χ3n) is 4.39. The Bertz CT molecular complexity index is 1190. The maximum absolute atomic E-state index is 12.5. The molecule has 0 aliphatic rings. The van der Waals surface area contributed by atoms with Crippen molar-refractivity contribution in [1.29, 1.82) is 0 Å². The molecule has 1 amide bonds. The van der Waals surface area contributed by atoms with E-state index in [-0.39, 0.29) is 6.54 Å². The lowest BCUT2D eigenvalue weighted by molar-refractivity contribution is -0.116. The van der Waals surface area contributed by atoms with Gasteiger partial charge in [0.1, 0.15) is 12.3 Å². The summed E-state index contributed by atoms with van der Waals surface area (Å²) in [5, 5.41) is 2.61. The number of carbonyl (C=O) groups is 2. The Kier molecular flexibility index (Phi) is 6.66. The van der Waals surface area contributed by atoms with E-state index >= 15 is 0 Å². The molecule has 0 saturated heterocycles. The summed E-state index contributed by atoms with van der Waals surface area (Å²) in [7, 11) is 1.28. The number of anilines is 1. The number of carbonyl (C=O) groups excluding carboxylic acids is 2. The first-order valence-electron chi connectivity index (χ1n) is 9.46. The minimum atomic E-state index is -0.826. The normalized spacial score (nSPS) is 10.4. The predicted molar refractivity (Wildman–Crippen MR) is 114 cm³/mol. The molecular formula is C22H21N3O6. The fourth-order valence-electron chi connectivity index (χ4n) is 2.87. The first-order chi connectivity index (χ1) is 14.9. The Morgan fingerprint density at radius 1 is 0.935 bits per heavy atom. The average molecular weight is 423 g/mol. The first kappa shape index (κ1) is 21.6. The molecule has 0 aliphatic carbocycles. The van der Waals surface area contributed by atoms with Gasteiger partial charge in [0, 0.05) is 23.8 Å². The van der Waals surface area contributed by atoms with E-state index in [1.165, 1.54) is 48.3 Å². The van der Waals surface area contributed by atoms with Crippen LogP contribution in [0.2, 0.25) is 0 Å². The highest BCUT2D eigenvalue weighted by Gasteiger charge is 2.11. The van der Waals surface area contributed by atoms with Crippen LogP contribution in [0.4, 0.5) is 5.69 Å². The lowest BCUT2D eigenvalue weighted by atomic mass is 10.2. The molecule has 3 aromatic rings. The van der Waals surface area contributed by atoms with E-state index in [2.05, 4.69) is 10.1 Å². The molecule has 0 saturated carbocycles. The minimum absolute atomic E-state index is 0.336. The van der Waals surface area contributed by atoms with E-state index in [0.29, 0.717) is 29.3 Å². The molecule has 1 aromatic heterocycles. The molecule has 0 aliphatic heterocycles. The highest BCUT2D eigenvalue weighted by molar-refractivity contribution is 5.92. The monoisotopic (exact) mass is 423 g/mol.